The molecule has 0 aromatic carbocycles. The number of carboxylic acid groups (broad SMARTS) is 1. The van der Waals surface area contributed by atoms with Crippen LogP contribution in [0.3, 0.4) is 0 Å². The highest BCUT2D eigenvalue weighted by atomic mass is 32.1. The number of hydrogen-bond donors (Lipinski definition) is 1. The van der Waals surface area contributed by atoms with E-state index in [0.29, 0.717) is 0 Å². The predicted octanol–water partition coefficient (Wildman–Crippen LogP) is 1.17. The second-order valence-electron chi connectivity index (χ2n) is 1.39. The lowest BCUT2D eigenvalue weighted by Crippen LogP contribution is -2.21. The summed E-state index contributed by atoms with van der Waals surface area (Å²) in [5, 5.41) is 12.4. The smallest absolute Gasteiger partial charge is 0.475 e. The van der Waals surface area contributed by atoms with E-state index < -0.39 is 12.1 Å². The minimum atomic E-state index is -5.08. The van der Waals surface area contributed by atoms with Crippen molar-refractivity contribution in [2.24, 2.45) is 0 Å². The van der Waals surface area contributed by atoms with Crippen LogP contribution in [0, 0.1) is 0 Å². The summed E-state index contributed by atoms with van der Waals surface area (Å²) < 4.78 is 35.2. The van der Waals surface area contributed by atoms with Crippen molar-refractivity contribution in [3.63, 3.8) is 0 Å². The van der Waals surface area contributed by atoms with Crippen LogP contribution in [0.2, 0.25) is 0 Å². The molecule has 0 saturated heterocycles. The first-order valence-electron chi connectivity index (χ1n) is 2.45. The van der Waals surface area contributed by atoms with Crippen LogP contribution in [0.5, 0.6) is 0 Å². The van der Waals surface area contributed by atoms with Gasteiger partial charge in [0.05, 0.1) is 6.20 Å². The fourth-order valence-electron chi connectivity index (χ4n) is 0.136. The highest BCUT2D eigenvalue weighted by molar-refractivity contribution is 7.03. The van der Waals surface area contributed by atoms with Crippen LogP contribution in [-0.2, 0) is 4.79 Å². The maximum absolute atomic E-state index is 10.6. The van der Waals surface area contributed by atoms with Crippen molar-refractivity contribution < 1.29 is 23.1 Å². The Kier molecular flexibility index (Phi) is 4.19. The Morgan fingerprint density at radius 1 is 1.50 bits per heavy atom. The van der Waals surface area contributed by atoms with Crippen molar-refractivity contribution in [3.8, 4) is 0 Å². The molecule has 1 aromatic rings. The van der Waals surface area contributed by atoms with Gasteiger partial charge in [0, 0.05) is 5.38 Å². The first kappa shape index (κ1) is 10.8. The summed E-state index contributed by atoms with van der Waals surface area (Å²) in [6.07, 6.45) is -3.43. The van der Waals surface area contributed by atoms with E-state index in [0.717, 1.165) is 0 Å². The van der Waals surface area contributed by atoms with Crippen molar-refractivity contribution in [3.05, 3.63) is 11.6 Å². The van der Waals surface area contributed by atoms with Crippen LogP contribution >= 0.6 is 11.5 Å². The largest absolute Gasteiger partial charge is 0.490 e. The first-order chi connectivity index (χ1) is 5.44. The van der Waals surface area contributed by atoms with Gasteiger partial charge >= 0.3 is 12.1 Å². The summed E-state index contributed by atoms with van der Waals surface area (Å²) in [5.41, 5.74) is 0. The minimum absolute atomic E-state index is 1.35. The maximum Gasteiger partial charge on any atom is 0.490 e. The van der Waals surface area contributed by atoms with Crippen molar-refractivity contribution in [2.45, 2.75) is 6.18 Å². The molecule has 4 nitrogen and oxygen atoms in total. The Hall–Kier alpha value is -1.18. The standard InChI is InChI=1S/C2HF3O2.C2H2N2S/c3-2(4,5)1(6)7;1-2-5-4-3-1/h(H,6,7);1-2H. The summed E-state index contributed by atoms with van der Waals surface area (Å²) >= 11 is 1.35. The molecule has 12 heavy (non-hydrogen) atoms. The van der Waals surface area contributed by atoms with Crippen molar-refractivity contribution >= 4 is 17.5 Å². The Morgan fingerprint density at radius 2 is 2.00 bits per heavy atom. The quantitative estimate of drug-likeness (QED) is 0.682. The third-order valence-electron chi connectivity index (χ3n) is 0.525. The molecule has 0 atom stereocenters. The molecule has 0 radical (unpaired) electrons. The van der Waals surface area contributed by atoms with Gasteiger partial charge in [-0.2, -0.15) is 13.2 Å². The summed E-state index contributed by atoms with van der Waals surface area (Å²) in [7, 11) is 0. The topological polar surface area (TPSA) is 63.1 Å². The van der Waals surface area contributed by atoms with Gasteiger partial charge < -0.3 is 5.11 Å². The number of alkyl halides is 3. The summed E-state index contributed by atoms with van der Waals surface area (Å²) in [6, 6.07) is 0. The Labute approximate surface area is 68.8 Å². The van der Waals surface area contributed by atoms with Crippen LogP contribution in [0.25, 0.3) is 0 Å². The van der Waals surface area contributed by atoms with Gasteiger partial charge in [-0.3, -0.25) is 0 Å². The number of nitrogens with zero attached hydrogens (tertiary/aromatic N) is 2. The highest BCUT2D eigenvalue weighted by Gasteiger charge is 2.38. The molecule has 0 amide bonds. The third kappa shape index (κ3) is 5.59. The lowest BCUT2D eigenvalue weighted by atomic mass is 10.7. The van der Waals surface area contributed by atoms with Crippen LogP contribution in [0.4, 0.5) is 13.2 Å². The van der Waals surface area contributed by atoms with E-state index >= 15 is 0 Å². The summed E-state index contributed by atoms with van der Waals surface area (Å²) in [5.74, 6) is -2.76. The van der Waals surface area contributed by atoms with Gasteiger partial charge in [0.25, 0.3) is 0 Å². The van der Waals surface area contributed by atoms with Crippen molar-refractivity contribution in [1.82, 2.24) is 9.59 Å². The molecule has 0 aliphatic heterocycles. The van der Waals surface area contributed by atoms with Crippen LogP contribution in [-0.4, -0.2) is 26.8 Å². The van der Waals surface area contributed by atoms with Crippen LogP contribution in [0.15, 0.2) is 11.6 Å². The third-order valence-corrected chi connectivity index (χ3v) is 0.957. The normalized spacial score (nSPS) is 9.92. The van der Waals surface area contributed by atoms with E-state index in [1.165, 1.54) is 11.5 Å². The average Bonchev–Trinajstić information content (AvgIpc) is 2.39. The van der Waals surface area contributed by atoms with E-state index in [4.69, 9.17) is 9.90 Å². The molecule has 1 rings (SSSR count). The van der Waals surface area contributed by atoms with Crippen LogP contribution in [0.1, 0.15) is 0 Å². The van der Waals surface area contributed by atoms with E-state index in [1.54, 1.807) is 6.20 Å². The Bertz CT molecular complexity index is 205. The average molecular weight is 200 g/mol. The monoisotopic (exact) mass is 200 g/mol. The first-order valence-corrected chi connectivity index (χ1v) is 3.29. The second-order valence-corrected chi connectivity index (χ2v) is 2.04. The molecule has 1 N–H and O–H groups in total. The SMILES string of the molecule is O=C(O)C(F)(F)F.c1csnn1. The predicted molar refractivity (Wildman–Crippen MR) is 33.6 cm³/mol. The Morgan fingerprint density at radius 3 is 2.08 bits per heavy atom. The lowest BCUT2D eigenvalue weighted by molar-refractivity contribution is -0.192. The molecule has 68 valence electrons. The molecule has 0 spiro atoms. The molecule has 0 fully saturated rings. The summed E-state index contributed by atoms with van der Waals surface area (Å²) in [4.78, 5) is 8.90. The van der Waals surface area contributed by atoms with Crippen molar-refractivity contribution in [2.75, 3.05) is 0 Å². The highest BCUT2D eigenvalue weighted by Crippen LogP contribution is 2.13. The van der Waals surface area contributed by atoms with E-state index in [1.807, 2.05) is 5.38 Å². The number of halogens is 3. The van der Waals surface area contributed by atoms with Gasteiger partial charge in [-0.25, -0.2) is 4.79 Å². The fraction of sp³-hybridized carbons (Fsp3) is 0.250. The fourth-order valence-corrected chi connectivity index (χ4v) is 0.408. The number of aliphatic carboxylic acids is 1. The minimum Gasteiger partial charge on any atom is -0.475 e. The molecule has 1 heterocycles. The number of aromatic nitrogens is 2. The molecule has 8 heteroatoms. The zero-order chi connectivity index (χ0) is 9.61. The Balaban J connectivity index is 0.000000211. The molecule has 0 bridgehead atoms. The molecule has 0 unspecified atom stereocenters. The zero-order valence-electron chi connectivity index (χ0n) is 5.45. The molecular formula is C4H3F3N2O2S. The molecule has 1 aromatic heterocycles. The van der Waals surface area contributed by atoms with E-state index in [2.05, 4.69) is 9.59 Å². The maximum atomic E-state index is 10.6. The number of rotatable bonds is 0. The van der Waals surface area contributed by atoms with Gasteiger partial charge in [-0.05, 0) is 11.5 Å². The molecule has 0 aliphatic carbocycles. The number of carboxylic acids is 1. The number of carbonyl (C=O) groups is 1. The molecular weight excluding hydrogens is 197 g/mol. The van der Waals surface area contributed by atoms with Gasteiger partial charge in [0.1, 0.15) is 0 Å². The van der Waals surface area contributed by atoms with Gasteiger partial charge in [-0.1, -0.05) is 4.49 Å². The van der Waals surface area contributed by atoms with Gasteiger partial charge in [-0.15, -0.1) is 5.10 Å². The summed E-state index contributed by atoms with van der Waals surface area (Å²) in [6.45, 7) is 0. The lowest BCUT2D eigenvalue weighted by Gasteiger charge is -1.93. The van der Waals surface area contributed by atoms with Crippen molar-refractivity contribution in [1.29, 1.82) is 0 Å². The molecule has 0 aliphatic rings. The van der Waals surface area contributed by atoms with E-state index in [9.17, 15) is 13.2 Å². The second kappa shape index (κ2) is 4.65. The van der Waals surface area contributed by atoms with Crippen LogP contribution < -0.4 is 0 Å². The van der Waals surface area contributed by atoms with E-state index in [-0.39, 0.29) is 0 Å². The zero-order valence-corrected chi connectivity index (χ0v) is 6.26. The van der Waals surface area contributed by atoms with Gasteiger partial charge in [0.2, 0.25) is 0 Å². The molecule has 0 saturated carbocycles. The van der Waals surface area contributed by atoms with Gasteiger partial charge in [0.15, 0.2) is 0 Å². The number of hydrogen-bond acceptors (Lipinski definition) is 4.